The second-order valence-corrected chi connectivity index (χ2v) is 7.25. The molecule has 0 spiro atoms. The van der Waals surface area contributed by atoms with E-state index < -0.39 is 0 Å². The first kappa shape index (κ1) is 18.1. The van der Waals surface area contributed by atoms with Crippen LogP contribution in [-0.2, 0) is 5.31 Å². The molecule has 1 heterocycles. The van der Waals surface area contributed by atoms with Gasteiger partial charge in [0.2, 0.25) is 0 Å². The predicted octanol–water partition coefficient (Wildman–Crippen LogP) is 5.14. The number of aromatic nitrogens is 1. The molecule has 132 valence electrons. The number of pyridine rings is 1. The van der Waals surface area contributed by atoms with Crippen LogP contribution < -0.4 is 9.47 Å². The Labute approximate surface area is 152 Å². The lowest BCUT2D eigenvalue weighted by atomic mass is 9.59. The summed E-state index contributed by atoms with van der Waals surface area (Å²) in [5.74, 6) is 1.43. The number of benzene rings is 1. The van der Waals surface area contributed by atoms with Gasteiger partial charge < -0.3 is 9.47 Å². The Kier molecular flexibility index (Phi) is 5.87. The van der Waals surface area contributed by atoms with Gasteiger partial charge >= 0.3 is 0 Å². The van der Waals surface area contributed by atoms with Gasteiger partial charge in [0.05, 0.1) is 27.6 Å². The van der Waals surface area contributed by atoms with Gasteiger partial charge in [0.1, 0.15) is 0 Å². The van der Waals surface area contributed by atoms with Gasteiger partial charge in [-0.15, -0.1) is 0 Å². The van der Waals surface area contributed by atoms with E-state index in [-0.39, 0.29) is 5.31 Å². The molecule has 0 atom stereocenters. The topological polar surface area (TPSA) is 31.4 Å². The van der Waals surface area contributed by atoms with Crippen molar-refractivity contribution in [3.05, 3.63) is 30.0 Å². The maximum absolute atomic E-state index is 6.89. The number of hydrogen-bond acceptors (Lipinski definition) is 3. The molecule has 1 aliphatic carbocycles. The lowest BCUT2D eigenvalue weighted by Crippen LogP contribution is -2.27. The average Bonchev–Trinajstić information content (AvgIpc) is 2.65. The second-order valence-electron chi connectivity index (χ2n) is 7.25. The molecule has 0 amide bonds. The predicted molar refractivity (Wildman–Crippen MR) is 104 cm³/mol. The fourth-order valence-corrected chi connectivity index (χ4v) is 3.91. The van der Waals surface area contributed by atoms with Crippen molar-refractivity contribution in [2.45, 2.75) is 63.1 Å². The smallest absolute Gasteiger partial charge is 0.162 e. The molecule has 4 heteroatoms. The van der Waals surface area contributed by atoms with Crippen LogP contribution in [0.5, 0.6) is 11.5 Å². The van der Waals surface area contributed by atoms with E-state index in [0.29, 0.717) is 5.75 Å². The minimum atomic E-state index is -0.272. The Bertz CT molecular complexity index is 706. The Balaban J connectivity index is 1.94. The van der Waals surface area contributed by atoms with E-state index >= 15 is 0 Å². The normalized spacial score (nSPS) is 18.6. The van der Waals surface area contributed by atoms with Crippen LogP contribution in [0, 0.1) is 0 Å². The van der Waals surface area contributed by atoms with Crippen molar-refractivity contribution in [2.24, 2.45) is 0 Å². The first-order valence-electron chi connectivity index (χ1n) is 9.47. The molecule has 0 saturated heterocycles. The van der Waals surface area contributed by atoms with Gasteiger partial charge in [0, 0.05) is 17.6 Å². The Hall–Kier alpha value is -1.71. The van der Waals surface area contributed by atoms with Crippen LogP contribution in [0.15, 0.2) is 24.4 Å². The number of ether oxygens (including phenoxy) is 2. The molecule has 1 aromatic heterocycles. The van der Waals surface area contributed by atoms with E-state index in [1.165, 1.54) is 44.9 Å². The third kappa shape index (κ3) is 4.11. The number of hydrogen-bond donors (Lipinski definition) is 0. The van der Waals surface area contributed by atoms with Gasteiger partial charge in [-0.05, 0) is 23.0 Å². The van der Waals surface area contributed by atoms with Crippen molar-refractivity contribution < 1.29 is 9.47 Å². The zero-order valence-corrected chi connectivity index (χ0v) is 15.5. The number of rotatable bonds is 3. The van der Waals surface area contributed by atoms with Crippen LogP contribution in [0.2, 0.25) is 0 Å². The van der Waals surface area contributed by atoms with Gasteiger partial charge in [-0.3, -0.25) is 4.98 Å². The molecule has 0 unspecified atom stereocenters. The third-order valence-electron chi connectivity index (χ3n) is 5.51. The summed E-state index contributed by atoms with van der Waals surface area (Å²) in [5, 5.41) is 0.781. The molecule has 2 aromatic rings. The van der Waals surface area contributed by atoms with E-state index in [9.17, 15) is 0 Å². The SMILES string of the molecule is [B]C1(c2cnc3cc(OC)c(OC)cc3c2)CCCCCCCCC1. The van der Waals surface area contributed by atoms with Crippen LogP contribution >= 0.6 is 0 Å². The van der Waals surface area contributed by atoms with Crippen LogP contribution in [0.25, 0.3) is 10.9 Å². The van der Waals surface area contributed by atoms with Crippen molar-refractivity contribution in [2.75, 3.05) is 14.2 Å². The van der Waals surface area contributed by atoms with E-state index in [2.05, 4.69) is 11.1 Å². The molecule has 0 N–H and O–H groups in total. The van der Waals surface area contributed by atoms with Crippen molar-refractivity contribution in [1.82, 2.24) is 4.98 Å². The maximum Gasteiger partial charge on any atom is 0.162 e. The first-order chi connectivity index (χ1) is 12.2. The highest BCUT2D eigenvalue weighted by Gasteiger charge is 2.26. The summed E-state index contributed by atoms with van der Waals surface area (Å²) in [7, 11) is 10.2. The minimum Gasteiger partial charge on any atom is -0.493 e. The highest BCUT2D eigenvalue weighted by molar-refractivity contribution is 6.16. The van der Waals surface area contributed by atoms with Gasteiger partial charge in [0.15, 0.2) is 11.5 Å². The molecule has 1 saturated carbocycles. The third-order valence-corrected chi connectivity index (χ3v) is 5.51. The Morgan fingerprint density at radius 3 is 2.00 bits per heavy atom. The summed E-state index contributed by atoms with van der Waals surface area (Å²) >= 11 is 0. The monoisotopic (exact) mass is 337 g/mol. The van der Waals surface area contributed by atoms with Crippen molar-refractivity contribution >= 4 is 18.7 Å². The fourth-order valence-electron chi connectivity index (χ4n) is 3.91. The standard InChI is InChI=1S/C21H28BNO2/c1-24-19-13-16-12-17(15-23-18(16)14-20(19)25-2)21(22)10-8-6-4-3-5-7-9-11-21/h12-15H,3-11H2,1-2H3. The van der Waals surface area contributed by atoms with Gasteiger partial charge in [0.25, 0.3) is 0 Å². The molecule has 0 aliphatic heterocycles. The van der Waals surface area contributed by atoms with Crippen molar-refractivity contribution in [3.8, 4) is 11.5 Å². The van der Waals surface area contributed by atoms with Crippen LogP contribution in [0.4, 0.5) is 0 Å². The molecule has 3 nitrogen and oxygen atoms in total. The minimum absolute atomic E-state index is 0.272. The molecule has 3 rings (SSSR count). The number of nitrogens with zero attached hydrogens (tertiary/aromatic N) is 1. The molecule has 1 aromatic carbocycles. The Morgan fingerprint density at radius 1 is 0.840 bits per heavy atom. The van der Waals surface area contributed by atoms with Crippen LogP contribution in [0.3, 0.4) is 0 Å². The summed E-state index contributed by atoms with van der Waals surface area (Å²) in [6, 6.07) is 6.11. The zero-order chi connectivity index (χ0) is 17.7. The quantitative estimate of drug-likeness (QED) is 0.727. The van der Waals surface area contributed by atoms with Gasteiger partial charge in [-0.1, -0.05) is 57.8 Å². The number of fused-ring (bicyclic) bond motifs is 1. The van der Waals surface area contributed by atoms with Gasteiger partial charge in [-0.2, -0.15) is 0 Å². The lowest BCUT2D eigenvalue weighted by Gasteiger charge is -2.32. The molecule has 2 radical (unpaired) electrons. The van der Waals surface area contributed by atoms with E-state index in [1.54, 1.807) is 14.2 Å². The van der Waals surface area contributed by atoms with E-state index in [1.807, 2.05) is 18.3 Å². The highest BCUT2D eigenvalue weighted by Crippen LogP contribution is 2.37. The highest BCUT2D eigenvalue weighted by atomic mass is 16.5. The summed E-state index contributed by atoms with van der Waals surface area (Å²) in [6.45, 7) is 0. The zero-order valence-electron chi connectivity index (χ0n) is 15.5. The molecule has 25 heavy (non-hydrogen) atoms. The fraction of sp³-hybridized carbons (Fsp3) is 0.571. The number of methoxy groups -OCH3 is 2. The molecular weight excluding hydrogens is 309 g/mol. The maximum atomic E-state index is 6.89. The summed E-state index contributed by atoms with van der Waals surface area (Å²) < 4.78 is 10.8. The summed E-state index contributed by atoms with van der Waals surface area (Å²) in [5.41, 5.74) is 2.05. The van der Waals surface area contributed by atoms with E-state index in [4.69, 9.17) is 17.3 Å². The Morgan fingerprint density at radius 2 is 1.40 bits per heavy atom. The lowest BCUT2D eigenvalue weighted by molar-refractivity contribution is 0.355. The van der Waals surface area contributed by atoms with Gasteiger partial charge in [-0.25, -0.2) is 0 Å². The average molecular weight is 337 g/mol. The second kappa shape index (κ2) is 8.12. The largest absolute Gasteiger partial charge is 0.493 e. The molecule has 1 aliphatic rings. The first-order valence-corrected chi connectivity index (χ1v) is 9.47. The summed E-state index contributed by atoms with van der Waals surface area (Å²) in [6.07, 6.45) is 13.0. The van der Waals surface area contributed by atoms with Crippen LogP contribution in [0.1, 0.15) is 63.4 Å². The molecular formula is C21H28BNO2. The van der Waals surface area contributed by atoms with Crippen LogP contribution in [-0.4, -0.2) is 27.0 Å². The van der Waals surface area contributed by atoms with Crippen molar-refractivity contribution in [1.29, 1.82) is 0 Å². The molecule has 1 fully saturated rings. The van der Waals surface area contributed by atoms with Crippen molar-refractivity contribution in [3.63, 3.8) is 0 Å². The summed E-state index contributed by atoms with van der Waals surface area (Å²) in [4.78, 5) is 4.67. The molecule has 0 bridgehead atoms. The van der Waals surface area contributed by atoms with E-state index in [0.717, 1.165) is 35.1 Å².